The fraction of sp³-hybridized carbons (Fsp3) is 0.211. The summed E-state index contributed by atoms with van der Waals surface area (Å²) in [6, 6.07) is 2.40. The molecule has 2 rings (SSSR count). The van der Waals surface area contributed by atoms with Gasteiger partial charge in [-0.25, -0.2) is 4.79 Å². The molecule has 0 unspecified atom stereocenters. The summed E-state index contributed by atoms with van der Waals surface area (Å²) in [6.45, 7) is 5.06. The number of hydrogen-bond donors (Lipinski definition) is 6. The van der Waals surface area contributed by atoms with Gasteiger partial charge in [-0.05, 0) is 28.9 Å². The van der Waals surface area contributed by atoms with Crippen LogP contribution in [-0.4, -0.2) is 33.5 Å². The minimum Gasteiger partial charge on any atom is -0.506 e. The number of hydrogen-bond acceptors (Lipinski definition) is 9. The van der Waals surface area contributed by atoms with Crippen LogP contribution in [0, 0.1) is 0 Å². The molecule has 31 heavy (non-hydrogen) atoms. The van der Waals surface area contributed by atoms with E-state index in [-0.39, 0.29) is 34.3 Å². The Morgan fingerprint density at radius 2 is 1.42 bits per heavy atom. The monoisotopic (exact) mass is 658 g/mol. The van der Waals surface area contributed by atoms with Crippen LogP contribution in [0.3, 0.4) is 0 Å². The van der Waals surface area contributed by atoms with Crippen molar-refractivity contribution >= 4 is 74.2 Å². The second-order valence-electron chi connectivity index (χ2n) is 6.73. The molecular formula is C19H24I2N4O6. The maximum atomic E-state index is 11.4. The standard InChI is InChI=1S/C11H14N2O4.C6H8N2O2.C2H2I2/c1-11(2,3)17-10(16)13-7-5-8(14)6(12)4-9(7)15;7-3-1-5(9)4(8)2-6(3)10;3-1-2-4/h4-5H,12H2,1-3H3,(H,13,16);1-2,9-10H,7-8H2;1-2H/b;;2-1+. The van der Waals surface area contributed by atoms with E-state index in [4.69, 9.17) is 32.2 Å². The van der Waals surface area contributed by atoms with Crippen molar-refractivity contribution < 1.29 is 29.3 Å². The van der Waals surface area contributed by atoms with E-state index in [0.29, 0.717) is 0 Å². The highest BCUT2D eigenvalue weighted by molar-refractivity contribution is 14.1. The third-order valence-corrected chi connectivity index (χ3v) is 5.07. The average Bonchev–Trinajstić information content (AvgIpc) is 2.64. The van der Waals surface area contributed by atoms with Crippen LogP contribution in [0.2, 0.25) is 0 Å². The van der Waals surface area contributed by atoms with Gasteiger partial charge in [-0.1, -0.05) is 45.2 Å². The van der Waals surface area contributed by atoms with E-state index in [1.807, 2.05) is 8.17 Å². The van der Waals surface area contributed by atoms with Gasteiger partial charge >= 0.3 is 6.09 Å². The Bertz CT molecular complexity index is 866. The van der Waals surface area contributed by atoms with Crippen LogP contribution in [0.15, 0.2) is 43.8 Å². The van der Waals surface area contributed by atoms with E-state index < -0.39 is 23.3 Å². The number of ketones is 2. The molecule has 0 saturated carbocycles. The summed E-state index contributed by atoms with van der Waals surface area (Å²) in [4.78, 5) is 34.0. The largest absolute Gasteiger partial charge is 0.506 e. The summed E-state index contributed by atoms with van der Waals surface area (Å²) < 4.78 is 8.86. The number of alkyl carbamates (subject to hydrolysis) is 1. The Morgan fingerprint density at radius 3 is 1.81 bits per heavy atom. The summed E-state index contributed by atoms with van der Waals surface area (Å²) >= 11 is 4.33. The van der Waals surface area contributed by atoms with Crippen molar-refractivity contribution in [3.63, 3.8) is 0 Å². The highest BCUT2D eigenvalue weighted by Gasteiger charge is 2.22. The fourth-order valence-corrected chi connectivity index (χ4v) is 1.70. The second kappa shape index (κ2) is 13.0. The second-order valence-corrected chi connectivity index (χ2v) is 8.17. The molecule has 0 saturated heterocycles. The van der Waals surface area contributed by atoms with Crippen LogP contribution in [0.25, 0.3) is 0 Å². The summed E-state index contributed by atoms with van der Waals surface area (Å²) in [5.74, 6) is -1.28. The Balaban J connectivity index is 0.000000540. The number of carbonyl (C=O) groups is 3. The highest BCUT2D eigenvalue weighted by Crippen LogP contribution is 2.30. The minimum atomic E-state index is -0.793. The normalized spacial score (nSPS) is 13.2. The zero-order valence-corrected chi connectivity index (χ0v) is 21.3. The maximum absolute atomic E-state index is 11.4. The van der Waals surface area contributed by atoms with Crippen LogP contribution in [-0.2, 0) is 14.3 Å². The first-order valence-corrected chi connectivity index (χ1v) is 10.9. The van der Waals surface area contributed by atoms with E-state index in [1.165, 1.54) is 12.1 Å². The van der Waals surface area contributed by atoms with Crippen LogP contribution in [0.5, 0.6) is 11.5 Å². The van der Waals surface area contributed by atoms with Crippen LogP contribution >= 0.6 is 45.2 Å². The molecule has 0 fully saturated rings. The third kappa shape index (κ3) is 11.5. The lowest BCUT2D eigenvalue weighted by atomic mass is 10.1. The number of ether oxygens (including phenoxy) is 1. The number of carbonyl (C=O) groups excluding carboxylic acids is 3. The molecule has 10 nitrogen and oxygen atoms in total. The van der Waals surface area contributed by atoms with Crippen molar-refractivity contribution in [2.24, 2.45) is 5.73 Å². The quantitative estimate of drug-likeness (QED) is 0.0866. The Kier molecular flexibility index (Phi) is 12.0. The molecule has 9 N–H and O–H groups in total. The lowest BCUT2D eigenvalue weighted by Gasteiger charge is -2.20. The Hall–Kier alpha value is -2.49. The number of phenols is 2. The first kappa shape index (κ1) is 28.5. The molecule has 1 aliphatic rings. The zero-order chi connectivity index (χ0) is 24.4. The van der Waals surface area contributed by atoms with Gasteiger partial charge < -0.3 is 32.2 Å². The topological polar surface area (TPSA) is 191 Å². The molecule has 0 bridgehead atoms. The number of nitrogens with two attached hydrogens (primary N) is 3. The van der Waals surface area contributed by atoms with Crippen LogP contribution in [0.4, 0.5) is 16.2 Å². The van der Waals surface area contributed by atoms with Crippen LogP contribution < -0.4 is 22.5 Å². The highest BCUT2D eigenvalue weighted by atomic mass is 127. The summed E-state index contributed by atoms with van der Waals surface area (Å²) in [6.07, 6.45) is 1.15. The molecule has 12 heteroatoms. The lowest BCUT2D eigenvalue weighted by Crippen LogP contribution is -2.35. The molecule has 1 aromatic rings. The molecule has 1 aromatic carbocycles. The Labute approximate surface area is 206 Å². The summed E-state index contributed by atoms with van der Waals surface area (Å²) in [5, 5.41) is 20.0. The number of phenolic OH excluding ortho intramolecular Hbond substituents is 2. The van der Waals surface area contributed by atoms with E-state index in [1.54, 1.807) is 20.8 Å². The van der Waals surface area contributed by atoms with E-state index in [2.05, 4.69) is 50.5 Å². The molecular weight excluding hydrogens is 634 g/mol. The van der Waals surface area contributed by atoms with Crippen molar-refractivity contribution in [1.82, 2.24) is 5.32 Å². The molecule has 0 aromatic heterocycles. The van der Waals surface area contributed by atoms with E-state index in [0.717, 1.165) is 12.2 Å². The first-order chi connectivity index (χ1) is 14.2. The van der Waals surface area contributed by atoms with Gasteiger partial charge in [0.1, 0.15) is 17.1 Å². The van der Waals surface area contributed by atoms with Gasteiger partial charge in [-0.2, -0.15) is 0 Å². The minimum absolute atomic E-state index is 0.115. The SMILES string of the molecule is CC(C)(C)OC(=O)NC1=CC(=O)C(N)=CC1=O.I/C=C/I.Nc1cc(O)c(N)cc1O. The van der Waals surface area contributed by atoms with Gasteiger partial charge in [0.25, 0.3) is 0 Å². The number of nitrogens with one attached hydrogen (secondary N) is 1. The maximum Gasteiger partial charge on any atom is 0.412 e. The Morgan fingerprint density at radius 1 is 0.968 bits per heavy atom. The number of amides is 1. The van der Waals surface area contributed by atoms with Crippen molar-refractivity contribution in [2.45, 2.75) is 26.4 Å². The van der Waals surface area contributed by atoms with Gasteiger partial charge in [0, 0.05) is 24.3 Å². The van der Waals surface area contributed by atoms with E-state index >= 15 is 0 Å². The van der Waals surface area contributed by atoms with Gasteiger partial charge in [-0.15, -0.1) is 0 Å². The van der Waals surface area contributed by atoms with Crippen molar-refractivity contribution in [3.05, 3.63) is 43.8 Å². The molecule has 170 valence electrons. The van der Waals surface area contributed by atoms with E-state index in [9.17, 15) is 14.4 Å². The van der Waals surface area contributed by atoms with Gasteiger partial charge in [-0.3, -0.25) is 14.9 Å². The summed E-state index contributed by atoms with van der Waals surface area (Å²) in [5.41, 5.74) is 15.0. The average molecular weight is 658 g/mol. The molecule has 0 aliphatic heterocycles. The third-order valence-electron chi connectivity index (χ3n) is 2.97. The van der Waals surface area contributed by atoms with Crippen molar-refractivity contribution in [1.29, 1.82) is 0 Å². The molecule has 1 aliphatic carbocycles. The molecule has 0 spiro atoms. The zero-order valence-electron chi connectivity index (χ0n) is 17.0. The van der Waals surface area contributed by atoms with Gasteiger partial charge in [0.2, 0.25) is 11.6 Å². The summed E-state index contributed by atoms with van der Waals surface area (Å²) in [7, 11) is 0. The number of nitrogen functional groups attached to an aromatic ring is 2. The van der Waals surface area contributed by atoms with Gasteiger partial charge in [0.15, 0.2) is 0 Å². The predicted octanol–water partition coefficient (Wildman–Crippen LogP) is 2.98. The van der Waals surface area contributed by atoms with Crippen molar-refractivity contribution in [2.75, 3.05) is 11.5 Å². The molecule has 1 amide bonds. The number of allylic oxidation sites excluding steroid dienone is 2. The molecule has 0 heterocycles. The molecule has 0 atom stereocenters. The number of rotatable bonds is 1. The first-order valence-electron chi connectivity index (χ1n) is 8.41. The van der Waals surface area contributed by atoms with Gasteiger partial charge in [0.05, 0.1) is 22.8 Å². The van der Waals surface area contributed by atoms with Crippen LogP contribution in [0.1, 0.15) is 20.8 Å². The smallest absolute Gasteiger partial charge is 0.412 e. The molecule has 0 radical (unpaired) electrons. The number of aromatic hydroxyl groups is 2. The number of anilines is 2. The number of halogens is 2. The number of benzene rings is 1. The van der Waals surface area contributed by atoms with Crippen molar-refractivity contribution in [3.8, 4) is 11.5 Å². The lowest BCUT2D eigenvalue weighted by molar-refractivity contribution is -0.115. The fourth-order valence-electron chi connectivity index (χ4n) is 1.70. The predicted molar refractivity (Wildman–Crippen MR) is 136 cm³/mol.